The topological polar surface area (TPSA) is 21.3 Å². The van der Waals surface area contributed by atoms with Gasteiger partial charge in [-0.2, -0.15) is 0 Å². The van der Waals surface area contributed by atoms with Crippen molar-refractivity contribution in [2.75, 3.05) is 4.90 Å². The number of benzene rings is 4. The molecule has 4 heteroatoms. The molecule has 6 aromatic rings. The van der Waals surface area contributed by atoms with E-state index in [4.69, 9.17) is 4.42 Å². The maximum absolute atomic E-state index is 7.08. The Balaban J connectivity index is 1.27. The van der Waals surface area contributed by atoms with Crippen molar-refractivity contribution in [3.05, 3.63) is 130 Å². The molecule has 0 saturated carbocycles. The van der Waals surface area contributed by atoms with E-state index in [1.54, 1.807) is 0 Å². The van der Waals surface area contributed by atoms with Gasteiger partial charge in [0.05, 0.1) is 11.7 Å². The molecule has 2 aromatic heterocycles. The Kier molecular flexibility index (Phi) is 7.11. The second-order valence-corrected chi connectivity index (χ2v) is 21.8. The van der Waals surface area contributed by atoms with Gasteiger partial charge in [-0.05, 0) is 117 Å². The van der Waals surface area contributed by atoms with Gasteiger partial charge in [0, 0.05) is 49.7 Å². The fourth-order valence-electron chi connectivity index (χ4n) is 11.4. The molecular formula is C54H57BN2O. The second kappa shape index (κ2) is 11.4. The highest BCUT2D eigenvalue weighted by Crippen LogP contribution is 2.58. The summed E-state index contributed by atoms with van der Waals surface area (Å²) in [5.74, 6) is 0. The standard InChI is InChI=1S/C54H57BN2O/c1-30-24-43-47-44(25-30)57-48-37(46-36-16-13-14-18-38(36)54(11,12)50(46)57)26-33(53(8,9)10)27-40(48)55(47)39-23-21-31(51(2,3)4)28-42(39)56(43)41-19-15-17-35-34-22-20-32(52(5,6)7)29-45(34)58-49(35)41/h15-23,25-29,43H,13-14,24H2,1-12H3. The van der Waals surface area contributed by atoms with Gasteiger partial charge >= 0.3 is 0 Å². The van der Waals surface area contributed by atoms with Gasteiger partial charge in [0.25, 0.3) is 0 Å². The molecule has 0 radical (unpaired) electrons. The van der Waals surface area contributed by atoms with Crippen LogP contribution in [0.1, 0.15) is 130 Å². The number of rotatable bonds is 1. The highest BCUT2D eigenvalue weighted by Gasteiger charge is 2.52. The third-order valence-electron chi connectivity index (χ3n) is 14.4. The van der Waals surface area contributed by atoms with E-state index < -0.39 is 0 Å². The Bertz CT molecular complexity index is 2970. The summed E-state index contributed by atoms with van der Waals surface area (Å²) in [6.45, 7) is 28.5. The molecule has 3 aliphatic carbocycles. The Morgan fingerprint density at radius 1 is 0.707 bits per heavy atom. The van der Waals surface area contributed by atoms with Gasteiger partial charge in [-0.1, -0.05) is 136 Å². The summed E-state index contributed by atoms with van der Waals surface area (Å²) in [5.41, 5.74) is 22.9. The van der Waals surface area contributed by atoms with E-state index in [0.717, 1.165) is 36.1 Å². The molecule has 0 fully saturated rings. The van der Waals surface area contributed by atoms with Gasteiger partial charge in [0.15, 0.2) is 5.58 Å². The van der Waals surface area contributed by atoms with Crippen LogP contribution in [0.5, 0.6) is 0 Å². The second-order valence-electron chi connectivity index (χ2n) is 21.8. The number of allylic oxidation sites excluding steroid dienone is 6. The van der Waals surface area contributed by atoms with Crippen LogP contribution in [0.3, 0.4) is 0 Å². The SMILES string of the molecule is CC1=CC2=C3B(c4ccc(C(C)(C)C)cc4N(c4cccc5c4oc4cc(C(C)(C)C)ccc45)C3C1)c1cc(C(C)(C)C)cc3c4c(n2c13)C(C)(C)C1=CCCC=C14. The predicted octanol–water partition coefficient (Wildman–Crippen LogP) is 13.1. The van der Waals surface area contributed by atoms with E-state index in [1.807, 2.05) is 0 Å². The smallest absolute Gasteiger partial charge is 0.247 e. The zero-order valence-corrected chi connectivity index (χ0v) is 36.7. The molecule has 0 spiro atoms. The van der Waals surface area contributed by atoms with Crippen molar-refractivity contribution in [2.45, 2.75) is 130 Å². The van der Waals surface area contributed by atoms with Crippen molar-refractivity contribution >= 4 is 73.1 Å². The molecule has 0 saturated heterocycles. The Morgan fingerprint density at radius 2 is 1.41 bits per heavy atom. The predicted molar refractivity (Wildman–Crippen MR) is 249 cm³/mol. The van der Waals surface area contributed by atoms with E-state index >= 15 is 0 Å². The third kappa shape index (κ3) is 4.75. The minimum atomic E-state index is -0.117. The van der Waals surface area contributed by atoms with Crippen molar-refractivity contribution < 1.29 is 4.42 Å². The van der Waals surface area contributed by atoms with Crippen LogP contribution < -0.4 is 15.8 Å². The molecule has 0 amide bonds. The lowest BCUT2D eigenvalue weighted by molar-refractivity contribution is 0.587. The molecule has 58 heavy (non-hydrogen) atoms. The molecule has 4 aromatic carbocycles. The minimum Gasteiger partial charge on any atom is -0.454 e. The lowest BCUT2D eigenvalue weighted by atomic mass is 9.31. The number of hydrogen-bond acceptors (Lipinski definition) is 2. The first kappa shape index (κ1) is 36.1. The molecule has 0 N–H and O–H groups in total. The molecule has 0 bridgehead atoms. The van der Waals surface area contributed by atoms with Gasteiger partial charge in [0.2, 0.25) is 6.71 Å². The largest absolute Gasteiger partial charge is 0.454 e. The lowest BCUT2D eigenvalue weighted by Crippen LogP contribution is -2.60. The summed E-state index contributed by atoms with van der Waals surface area (Å²) in [6.07, 6.45) is 10.8. The van der Waals surface area contributed by atoms with E-state index in [0.29, 0.717) is 0 Å². The van der Waals surface area contributed by atoms with Gasteiger partial charge < -0.3 is 13.9 Å². The fraction of sp³-hybridized carbons (Fsp3) is 0.370. The van der Waals surface area contributed by atoms with E-state index in [-0.39, 0.29) is 34.4 Å². The average Bonchev–Trinajstić information content (AvgIpc) is 3.78. The van der Waals surface area contributed by atoms with Gasteiger partial charge in [-0.15, -0.1) is 0 Å². The summed E-state index contributed by atoms with van der Waals surface area (Å²) >= 11 is 0. The fourth-order valence-corrected chi connectivity index (χ4v) is 11.4. The number of fused-ring (bicyclic) bond motifs is 12. The quantitative estimate of drug-likeness (QED) is 0.156. The number of nitrogens with zero attached hydrogens (tertiary/aromatic N) is 2. The summed E-state index contributed by atoms with van der Waals surface area (Å²) in [4.78, 5) is 2.71. The van der Waals surface area contributed by atoms with Crippen molar-refractivity contribution in [1.29, 1.82) is 0 Å². The summed E-state index contributed by atoms with van der Waals surface area (Å²) in [5, 5.41) is 3.79. The first-order valence-electron chi connectivity index (χ1n) is 21.8. The van der Waals surface area contributed by atoms with E-state index in [9.17, 15) is 0 Å². The minimum absolute atomic E-state index is 0.00601. The first-order valence-corrected chi connectivity index (χ1v) is 21.8. The van der Waals surface area contributed by atoms with Crippen LogP contribution in [0.25, 0.3) is 44.1 Å². The molecule has 5 aliphatic rings. The van der Waals surface area contributed by atoms with Crippen molar-refractivity contribution in [3.63, 3.8) is 0 Å². The van der Waals surface area contributed by atoms with E-state index in [1.165, 1.54) is 94.1 Å². The molecule has 1 atom stereocenters. The third-order valence-corrected chi connectivity index (χ3v) is 14.4. The van der Waals surface area contributed by atoms with Crippen LogP contribution in [-0.4, -0.2) is 17.3 Å². The van der Waals surface area contributed by atoms with Gasteiger partial charge in [0.1, 0.15) is 5.58 Å². The zero-order chi connectivity index (χ0) is 40.6. The Morgan fingerprint density at radius 3 is 2.16 bits per heavy atom. The van der Waals surface area contributed by atoms with Gasteiger partial charge in [-0.25, -0.2) is 0 Å². The highest BCUT2D eigenvalue weighted by molar-refractivity contribution is 6.95. The molecule has 3 nitrogen and oxygen atoms in total. The monoisotopic (exact) mass is 760 g/mol. The summed E-state index contributed by atoms with van der Waals surface area (Å²) in [6, 6.07) is 26.4. The normalized spacial score (nSPS) is 19.7. The molecule has 292 valence electrons. The van der Waals surface area contributed by atoms with Crippen LogP contribution >= 0.6 is 0 Å². The highest BCUT2D eigenvalue weighted by atomic mass is 16.3. The number of anilines is 2. The van der Waals surface area contributed by atoms with Crippen LogP contribution in [0.15, 0.2) is 106 Å². The van der Waals surface area contributed by atoms with E-state index in [2.05, 4.69) is 178 Å². The average molecular weight is 761 g/mol. The zero-order valence-electron chi connectivity index (χ0n) is 36.7. The van der Waals surface area contributed by atoms with Gasteiger partial charge in [-0.3, -0.25) is 0 Å². The number of hydrogen-bond donors (Lipinski definition) is 0. The maximum atomic E-state index is 7.08. The van der Waals surface area contributed by atoms with Crippen molar-refractivity contribution in [1.82, 2.24) is 4.57 Å². The molecule has 2 aliphatic heterocycles. The first-order chi connectivity index (χ1) is 27.3. The molecule has 11 rings (SSSR count). The Labute approximate surface area is 345 Å². The molecule has 1 unspecified atom stereocenters. The van der Waals surface area contributed by atoms with Crippen LogP contribution in [0.4, 0.5) is 11.4 Å². The van der Waals surface area contributed by atoms with Crippen LogP contribution in [-0.2, 0) is 21.7 Å². The van der Waals surface area contributed by atoms with Crippen molar-refractivity contribution in [2.24, 2.45) is 0 Å². The van der Waals surface area contributed by atoms with Crippen LogP contribution in [0, 0.1) is 0 Å². The lowest BCUT2D eigenvalue weighted by Gasteiger charge is -2.48. The summed E-state index contributed by atoms with van der Waals surface area (Å²) in [7, 11) is 0. The molecular weight excluding hydrogens is 703 g/mol. The number of furan rings is 1. The molecule has 4 heterocycles. The van der Waals surface area contributed by atoms with Crippen molar-refractivity contribution in [3.8, 4) is 0 Å². The maximum Gasteiger partial charge on any atom is 0.247 e. The summed E-state index contributed by atoms with van der Waals surface area (Å²) < 4.78 is 9.84. The van der Waals surface area contributed by atoms with Crippen LogP contribution in [0.2, 0.25) is 0 Å². The number of para-hydroxylation sites is 1. The Hall–Kier alpha value is -4.96. The number of aromatic nitrogens is 1.